The van der Waals surface area contributed by atoms with Gasteiger partial charge in [0.25, 0.3) is 0 Å². The summed E-state index contributed by atoms with van der Waals surface area (Å²) in [6.07, 6.45) is 4.25. The summed E-state index contributed by atoms with van der Waals surface area (Å²) in [6, 6.07) is 3.93. The normalized spacial score (nSPS) is 18.0. The molecule has 2 aromatic heterocycles. The summed E-state index contributed by atoms with van der Waals surface area (Å²) < 4.78 is 0. The van der Waals surface area contributed by atoms with Gasteiger partial charge >= 0.3 is 0 Å². The second-order valence-electron chi connectivity index (χ2n) is 4.89. The monoisotopic (exact) mass is 231 g/mol. The molecule has 2 aromatic rings. The number of anilines is 1. The summed E-state index contributed by atoms with van der Waals surface area (Å²) in [5.74, 6) is 1.78. The Kier molecular flexibility index (Phi) is 2.29. The molecule has 3 rings (SSSR count). The molecule has 5 heteroatoms. The van der Waals surface area contributed by atoms with Crippen molar-refractivity contribution in [1.82, 2.24) is 15.0 Å². The van der Waals surface area contributed by atoms with Crippen molar-refractivity contribution in [3.8, 4) is 0 Å². The number of pyridine rings is 1. The van der Waals surface area contributed by atoms with Crippen LogP contribution in [0.1, 0.15) is 25.1 Å². The first-order chi connectivity index (χ1) is 8.18. The van der Waals surface area contributed by atoms with Crippen LogP contribution in [0, 0.1) is 0 Å². The first-order valence-electron chi connectivity index (χ1n) is 6.01. The average molecular weight is 231 g/mol. The highest BCUT2D eigenvalue weighted by Gasteiger charge is 2.33. The summed E-state index contributed by atoms with van der Waals surface area (Å²) in [7, 11) is 1.85. The van der Waals surface area contributed by atoms with Crippen LogP contribution in [-0.2, 0) is 6.42 Å². The van der Waals surface area contributed by atoms with Crippen LogP contribution < -0.4 is 11.1 Å². The lowest BCUT2D eigenvalue weighted by Gasteiger charge is -2.37. The van der Waals surface area contributed by atoms with Crippen molar-refractivity contribution in [3.63, 3.8) is 0 Å². The molecule has 0 aliphatic heterocycles. The minimum absolute atomic E-state index is 0.0420. The molecule has 1 aliphatic carbocycles. The molecule has 0 bridgehead atoms. The predicted molar refractivity (Wildman–Crippen MR) is 67.9 cm³/mol. The van der Waals surface area contributed by atoms with E-state index in [0.29, 0.717) is 0 Å². The van der Waals surface area contributed by atoms with Gasteiger partial charge in [-0.05, 0) is 31.4 Å². The molecule has 1 fully saturated rings. The number of hydrogen-bond acceptors (Lipinski definition) is 4. The summed E-state index contributed by atoms with van der Waals surface area (Å²) in [4.78, 5) is 12.2. The largest absolute Gasteiger partial charge is 0.373 e. The van der Waals surface area contributed by atoms with Crippen LogP contribution in [0.2, 0.25) is 0 Å². The van der Waals surface area contributed by atoms with Gasteiger partial charge in [0.1, 0.15) is 11.6 Å². The van der Waals surface area contributed by atoms with E-state index in [1.54, 1.807) is 0 Å². The van der Waals surface area contributed by atoms with Gasteiger partial charge < -0.3 is 16.0 Å². The van der Waals surface area contributed by atoms with E-state index in [4.69, 9.17) is 5.73 Å². The summed E-state index contributed by atoms with van der Waals surface area (Å²) >= 11 is 0. The van der Waals surface area contributed by atoms with Crippen LogP contribution in [0.5, 0.6) is 0 Å². The van der Waals surface area contributed by atoms with Crippen LogP contribution in [0.4, 0.5) is 5.82 Å². The maximum Gasteiger partial charge on any atom is 0.179 e. The van der Waals surface area contributed by atoms with Crippen molar-refractivity contribution >= 4 is 17.0 Å². The molecule has 0 spiro atoms. The Morgan fingerprint density at radius 1 is 1.41 bits per heavy atom. The van der Waals surface area contributed by atoms with E-state index in [9.17, 15) is 0 Å². The number of imidazole rings is 1. The Morgan fingerprint density at radius 3 is 2.88 bits per heavy atom. The lowest BCUT2D eigenvalue weighted by atomic mass is 9.75. The van der Waals surface area contributed by atoms with E-state index in [-0.39, 0.29) is 5.54 Å². The number of nitrogens with two attached hydrogens (primary N) is 1. The maximum atomic E-state index is 6.22. The molecule has 4 N–H and O–H groups in total. The second-order valence-corrected chi connectivity index (χ2v) is 4.89. The first-order valence-corrected chi connectivity index (χ1v) is 6.01. The number of aromatic amines is 1. The minimum Gasteiger partial charge on any atom is -0.373 e. The van der Waals surface area contributed by atoms with Gasteiger partial charge in [-0.1, -0.05) is 0 Å². The fraction of sp³-hybridized carbons (Fsp3) is 0.500. The highest BCUT2D eigenvalue weighted by atomic mass is 15.0. The third-order valence-corrected chi connectivity index (χ3v) is 3.52. The van der Waals surface area contributed by atoms with Gasteiger partial charge in [-0.3, -0.25) is 0 Å². The standard InChI is InChI=1S/C12H17N5/c1-14-9-4-3-8-11(16-9)17-10(15-8)7-12(13)5-2-6-12/h3-4H,2,5-7,13H2,1H3,(H2,14,15,16,17). The first kappa shape index (κ1) is 10.5. The molecule has 0 radical (unpaired) electrons. The highest BCUT2D eigenvalue weighted by Crippen LogP contribution is 2.32. The zero-order chi connectivity index (χ0) is 11.9. The van der Waals surface area contributed by atoms with Gasteiger partial charge in [-0.15, -0.1) is 0 Å². The number of H-pyrrole nitrogens is 1. The van der Waals surface area contributed by atoms with Gasteiger partial charge in [0.2, 0.25) is 0 Å². The maximum absolute atomic E-state index is 6.22. The molecular formula is C12H17N5. The molecule has 0 saturated heterocycles. The lowest BCUT2D eigenvalue weighted by molar-refractivity contribution is 0.244. The predicted octanol–water partition coefficient (Wildman–Crippen LogP) is 1.42. The third-order valence-electron chi connectivity index (χ3n) is 3.52. The summed E-state index contributed by atoms with van der Waals surface area (Å²) in [5.41, 5.74) is 7.91. The molecule has 0 amide bonds. The molecule has 1 saturated carbocycles. The number of rotatable bonds is 3. The quantitative estimate of drug-likeness (QED) is 0.746. The lowest BCUT2D eigenvalue weighted by Crippen LogP contribution is -2.48. The van der Waals surface area contributed by atoms with Crippen molar-refractivity contribution in [3.05, 3.63) is 18.0 Å². The molecule has 5 nitrogen and oxygen atoms in total. The van der Waals surface area contributed by atoms with Crippen LogP contribution in [0.3, 0.4) is 0 Å². The SMILES string of the molecule is CNc1ccc2[nH]c(CC3(N)CCC3)nc2n1. The molecule has 0 atom stereocenters. The van der Waals surface area contributed by atoms with Gasteiger partial charge in [0.15, 0.2) is 5.65 Å². The number of nitrogens with one attached hydrogen (secondary N) is 2. The minimum atomic E-state index is -0.0420. The smallest absolute Gasteiger partial charge is 0.179 e. The third kappa shape index (κ3) is 1.86. The fourth-order valence-electron chi connectivity index (χ4n) is 2.31. The van der Waals surface area contributed by atoms with Crippen molar-refractivity contribution in [2.75, 3.05) is 12.4 Å². The van der Waals surface area contributed by atoms with Gasteiger partial charge in [-0.25, -0.2) is 9.97 Å². The van der Waals surface area contributed by atoms with E-state index in [2.05, 4.69) is 20.3 Å². The zero-order valence-corrected chi connectivity index (χ0v) is 9.95. The summed E-state index contributed by atoms with van der Waals surface area (Å²) in [6.45, 7) is 0. The molecule has 2 heterocycles. The molecule has 90 valence electrons. The number of hydrogen-bond donors (Lipinski definition) is 3. The van der Waals surface area contributed by atoms with E-state index in [1.807, 2.05) is 19.2 Å². The van der Waals surface area contributed by atoms with Gasteiger partial charge in [-0.2, -0.15) is 0 Å². The molecule has 0 unspecified atom stereocenters. The fourth-order valence-corrected chi connectivity index (χ4v) is 2.31. The van der Waals surface area contributed by atoms with E-state index in [0.717, 1.165) is 42.1 Å². The molecule has 17 heavy (non-hydrogen) atoms. The number of fused-ring (bicyclic) bond motifs is 1. The van der Waals surface area contributed by atoms with Gasteiger partial charge in [0.05, 0.1) is 5.52 Å². The van der Waals surface area contributed by atoms with Gasteiger partial charge in [0, 0.05) is 19.0 Å². The van der Waals surface area contributed by atoms with Crippen LogP contribution >= 0.6 is 0 Å². The average Bonchev–Trinajstić information content (AvgIpc) is 2.67. The van der Waals surface area contributed by atoms with Crippen molar-refractivity contribution in [2.24, 2.45) is 5.73 Å². The van der Waals surface area contributed by atoms with Crippen LogP contribution in [0.15, 0.2) is 12.1 Å². The number of nitrogens with zero attached hydrogens (tertiary/aromatic N) is 2. The van der Waals surface area contributed by atoms with Crippen LogP contribution in [-0.4, -0.2) is 27.5 Å². The van der Waals surface area contributed by atoms with E-state index < -0.39 is 0 Å². The van der Waals surface area contributed by atoms with E-state index >= 15 is 0 Å². The Balaban J connectivity index is 1.90. The molecular weight excluding hydrogens is 214 g/mol. The highest BCUT2D eigenvalue weighted by molar-refractivity contribution is 5.72. The van der Waals surface area contributed by atoms with Crippen molar-refractivity contribution in [2.45, 2.75) is 31.2 Å². The van der Waals surface area contributed by atoms with Crippen molar-refractivity contribution < 1.29 is 0 Å². The summed E-state index contributed by atoms with van der Waals surface area (Å²) in [5, 5.41) is 3.01. The Morgan fingerprint density at radius 2 is 2.24 bits per heavy atom. The molecule has 1 aliphatic rings. The zero-order valence-electron chi connectivity index (χ0n) is 9.95. The Hall–Kier alpha value is -1.62. The Labute approximate surface area is 99.8 Å². The van der Waals surface area contributed by atoms with E-state index in [1.165, 1.54) is 6.42 Å². The topological polar surface area (TPSA) is 79.6 Å². The number of aromatic nitrogens is 3. The molecule has 0 aromatic carbocycles. The Bertz CT molecular complexity index is 541. The van der Waals surface area contributed by atoms with Crippen molar-refractivity contribution in [1.29, 1.82) is 0 Å². The second kappa shape index (κ2) is 3.70. The van der Waals surface area contributed by atoms with Crippen LogP contribution in [0.25, 0.3) is 11.2 Å².